The van der Waals surface area contributed by atoms with E-state index in [0.29, 0.717) is 25.7 Å². The van der Waals surface area contributed by atoms with Crippen molar-refractivity contribution in [2.24, 2.45) is 0 Å². The van der Waals surface area contributed by atoms with Gasteiger partial charge in [-0.05, 0) is 32.1 Å². The molecule has 1 fully saturated rings. The summed E-state index contributed by atoms with van der Waals surface area (Å²) < 4.78 is 0. The molecule has 1 rings (SSSR count). The zero-order valence-electron chi connectivity index (χ0n) is 10.7. The zero-order valence-corrected chi connectivity index (χ0v) is 10.7. The van der Waals surface area contributed by atoms with Crippen LogP contribution in [-0.4, -0.2) is 40.4 Å². The van der Waals surface area contributed by atoms with Crippen molar-refractivity contribution in [3.8, 4) is 0 Å². The highest BCUT2D eigenvalue weighted by atomic mass is 16.4. The number of hydrogen-bond acceptors (Lipinski definition) is 3. The van der Waals surface area contributed by atoms with Gasteiger partial charge in [0.1, 0.15) is 6.04 Å². The summed E-state index contributed by atoms with van der Waals surface area (Å²) in [4.78, 5) is 22.5. The van der Waals surface area contributed by atoms with E-state index in [2.05, 4.69) is 10.6 Å². The van der Waals surface area contributed by atoms with Gasteiger partial charge >= 0.3 is 12.0 Å². The quantitative estimate of drug-likeness (QED) is 0.587. The molecule has 0 radical (unpaired) electrons. The van der Waals surface area contributed by atoms with Crippen LogP contribution in [0.2, 0.25) is 0 Å². The standard InChI is InChI=1S/C12H22N2O4/c1-2-3-10(11(16)17)14-12(18)13-8-4-6-9(15)7-5-8/h8-10,15H,2-7H2,1H3,(H,16,17)(H2,13,14,18)/t8?,9?,10-/m0/s1. The van der Waals surface area contributed by atoms with Crippen molar-refractivity contribution < 1.29 is 19.8 Å². The Balaban J connectivity index is 2.33. The summed E-state index contributed by atoms with van der Waals surface area (Å²) in [5.74, 6) is -1.01. The average Bonchev–Trinajstić information content (AvgIpc) is 2.31. The van der Waals surface area contributed by atoms with Crippen LogP contribution in [0.1, 0.15) is 45.4 Å². The van der Waals surface area contributed by atoms with Gasteiger partial charge in [0.15, 0.2) is 0 Å². The van der Waals surface area contributed by atoms with E-state index in [1.165, 1.54) is 0 Å². The van der Waals surface area contributed by atoms with Crippen molar-refractivity contribution in [2.75, 3.05) is 0 Å². The predicted molar refractivity (Wildman–Crippen MR) is 66.3 cm³/mol. The van der Waals surface area contributed by atoms with Crippen molar-refractivity contribution in [3.63, 3.8) is 0 Å². The molecule has 1 aliphatic rings. The lowest BCUT2D eigenvalue weighted by molar-refractivity contribution is -0.139. The molecule has 4 N–H and O–H groups in total. The fourth-order valence-electron chi connectivity index (χ4n) is 2.15. The summed E-state index contributed by atoms with van der Waals surface area (Å²) in [6.45, 7) is 1.87. The molecule has 0 saturated heterocycles. The second kappa shape index (κ2) is 7.20. The first kappa shape index (κ1) is 14.8. The molecule has 0 aliphatic heterocycles. The Kier molecular flexibility index (Phi) is 5.91. The second-order valence-electron chi connectivity index (χ2n) is 4.80. The highest BCUT2D eigenvalue weighted by Gasteiger charge is 2.23. The SMILES string of the molecule is CCC[C@H](NC(=O)NC1CCC(O)CC1)C(=O)O. The third kappa shape index (κ3) is 4.91. The molecule has 1 atom stereocenters. The van der Waals surface area contributed by atoms with Crippen molar-refractivity contribution in [1.82, 2.24) is 10.6 Å². The van der Waals surface area contributed by atoms with Gasteiger partial charge in [0.05, 0.1) is 6.10 Å². The number of urea groups is 1. The molecule has 0 bridgehead atoms. The van der Waals surface area contributed by atoms with E-state index in [0.717, 1.165) is 12.8 Å². The van der Waals surface area contributed by atoms with E-state index < -0.39 is 18.0 Å². The number of carboxylic acid groups (broad SMARTS) is 1. The number of rotatable bonds is 5. The van der Waals surface area contributed by atoms with Gasteiger partial charge in [0.2, 0.25) is 0 Å². The van der Waals surface area contributed by atoms with Crippen LogP contribution in [0, 0.1) is 0 Å². The first-order valence-corrected chi connectivity index (χ1v) is 6.50. The third-order valence-corrected chi connectivity index (χ3v) is 3.21. The molecular formula is C12H22N2O4. The van der Waals surface area contributed by atoms with Crippen LogP contribution in [-0.2, 0) is 4.79 Å². The Morgan fingerprint density at radius 1 is 1.28 bits per heavy atom. The van der Waals surface area contributed by atoms with Gasteiger partial charge in [-0.2, -0.15) is 0 Å². The molecule has 104 valence electrons. The molecule has 0 aromatic heterocycles. The molecule has 18 heavy (non-hydrogen) atoms. The topological polar surface area (TPSA) is 98.7 Å². The number of carbonyl (C=O) groups is 2. The smallest absolute Gasteiger partial charge is 0.326 e. The monoisotopic (exact) mass is 258 g/mol. The molecular weight excluding hydrogens is 236 g/mol. The number of carboxylic acids is 1. The molecule has 0 aromatic rings. The van der Waals surface area contributed by atoms with Gasteiger partial charge in [-0.1, -0.05) is 13.3 Å². The first-order chi connectivity index (χ1) is 8.52. The average molecular weight is 258 g/mol. The van der Waals surface area contributed by atoms with Crippen LogP contribution in [0.5, 0.6) is 0 Å². The maximum Gasteiger partial charge on any atom is 0.326 e. The first-order valence-electron chi connectivity index (χ1n) is 6.50. The fraction of sp³-hybridized carbons (Fsp3) is 0.833. The van der Waals surface area contributed by atoms with E-state index in [9.17, 15) is 14.7 Å². The van der Waals surface area contributed by atoms with Crippen LogP contribution < -0.4 is 10.6 Å². The molecule has 0 aromatic carbocycles. The minimum Gasteiger partial charge on any atom is -0.480 e. The second-order valence-corrected chi connectivity index (χ2v) is 4.80. The Hall–Kier alpha value is -1.30. The van der Waals surface area contributed by atoms with E-state index in [1.807, 2.05) is 6.92 Å². The molecule has 1 aliphatic carbocycles. The predicted octanol–water partition coefficient (Wildman–Crippen LogP) is 0.842. The Bertz CT molecular complexity index is 288. The lowest BCUT2D eigenvalue weighted by atomic mass is 9.93. The maximum absolute atomic E-state index is 11.6. The summed E-state index contributed by atoms with van der Waals surface area (Å²) in [6, 6.07) is -1.23. The minimum atomic E-state index is -1.01. The largest absolute Gasteiger partial charge is 0.480 e. The van der Waals surface area contributed by atoms with Crippen LogP contribution in [0.15, 0.2) is 0 Å². The molecule has 6 heteroatoms. The highest BCUT2D eigenvalue weighted by Crippen LogP contribution is 2.18. The fourth-order valence-corrected chi connectivity index (χ4v) is 2.15. The zero-order chi connectivity index (χ0) is 13.5. The summed E-state index contributed by atoms with van der Waals surface area (Å²) in [6.07, 6.45) is 3.70. The molecule has 0 heterocycles. The number of hydrogen-bond donors (Lipinski definition) is 4. The van der Waals surface area contributed by atoms with Gasteiger partial charge in [0.25, 0.3) is 0 Å². The summed E-state index contributed by atoms with van der Waals surface area (Å²) >= 11 is 0. The lowest BCUT2D eigenvalue weighted by Crippen LogP contribution is -2.49. The summed E-state index contributed by atoms with van der Waals surface area (Å²) in [5.41, 5.74) is 0. The van der Waals surface area contributed by atoms with Crippen LogP contribution in [0.3, 0.4) is 0 Å². The molecule has 0 spiro atoms. The Morgan fingerprint density at radius 3 is 2.39 bits per heavy atom. The minimum absolute atomic E-state index is 0.0319. The van der Waals surface area contributed by atoms with Crippen molar-refractivity contribution in [2.45, 2.75) is 63.6 Å². The molecule has 2 amide bonds. The molecule has 0 unspecified atom stereocenters. The number of carbonyl (C=O) groups excluding carboxylic acids is 1. The van der Waals surface area contributed by atoms with Gasteiger partial charge in [-0.3, -0.25) is 0 Å². The molecule has 6 nitrogen and oxygen atoms in total. The maximum atomic E-state index is 11.6. The van der Waals surface area contributed by atoms with Crippen molar-refractivity contribution in [1.29, 1.82) is 0 Å². The lowest BCUT2D eigenvalue weighted by Gasteiger charge is -2.26. The summed E-state index contributed by atoms with van der Waals surface area (Å²) in [5, 5.41) is 23.5. The van der Waals surface area contributed by atoms with Gasteiger partial charge in [-0.15, -0.1) is 0 Å². The van der Waals surface area contributed by atoms with Crippen LogP contribution in [0.4, 0.5) is 4.79 Å². The van der Waals surface area contributed by atoms with Gasteiger partial charge in [-0.25, -0.2) is 9.59 Å². The number of aliphatic carboxylic acids is 1. The number of nitrogens with one attached hydrogen (secondary N) is 2. The Labute approximate surface area is 107 Å². The van der Waals surface area contributed by atoms with Crippen LogP contribution >= 0.6 is 0 Å². The van der Waals surface area contributed by atoms with Crippen molar-refractivity contribution >= 4 is 12.0 Å². The van der Waals surface area contributed by atoms with Gasteiger partial charge in [0, 0.05) is 6.04 Å². The number of aliphatic hydroxyl groups is 1. The van der Waals surface area contributed by atoms with E-state index >= 15 is 0 Å². The van der Waals surface area contributed by atoms with Crippen molar-refractivity contribution in [3.05, 3.63) is 0 Å². The van der Waals surface area contributed by atoms with Gasteiger partial charge < -0.3 is 20.8 Å². The van der Waals surface area contributed by atoms with E-state index in [4.69, 9.17) is 5.11 Å². The normalized spacial score (nSPS) is 25.2. The summed E-state index contributed by atoms with van der Waals surface area (Å²) in [7, 11) is 0. The number of amides is 2. The number of aliphatic hydroxyl groups excluding tert-OH is 1. The van der Waals surface area contributed by atoms with Crippen LogP contribution in [0.25, 0.3) is 0 Å². The molecule has 1 saturated carbocycles. The highest BCUT2D eigenvalue weighted by molar-refractivity contribution is 5.82. The van der Waals surface area contributed by atoms with E-state index in [1.54, 1.807) is 0 Å². The van der Waals surface area contributed by atoms with E-state index in [-0.39, 0.29) is 12.1 Å². The third-order valence-electron chi connectivity index (χ3n) is 3.21. The Morgan fingerprint density at radius 2 is 1.89 bits per heavy atom.